The van der Waals surface area contributed by atoms with Gasteiger partial charge in [-0.25, -0.2) is 0 Å². The summed E-state index contributed by atoms with van der Waals surface area (Å²) in [6.45, 7) is 3.85. The number of nitrogens with two attached hydrogens (primary N) is 1. The lowest BCUT2D eigenvalue weighted by Gasteiger charge is -2.16. The van der Waals surface area contributed by atoms with Crippen LogP contribution < -0.4 is 16.4 Å². The zero-order valence-electron chi connectivity index (χ0n) is 10.3. The van der Waals surface area contributed by atoms with Crippen LogP contribution in [0.1, 0.15) is 25.3 Å². The summed E-state index contributed by atoms with van der Waals surface area (Å²) in [6, 6.07) is 5.89. The van der Waals surface area contributed by atoms with E-state index in [4.69, 9.17) is 5.73 Å². The van der Waals surface area contributed by atoms with Crippen LogP contribution in [0.4, 0.5) is 11.4 Å². The van der Waals surface area contributed by atoms with Gasteiger partial charge in [-0.1, -0.05) is 6.07 Å². The minimum Gasteiger partial charge on any atom is -0.397 e. The van der Waals surface area contributed by atoms with Crippen molar-refractivity contribution < 1.29 is 4.79 Å². The van der Waals surface area contributed by atoms with Crippen molar-refractivity contribution in [3.8, 4) is 0 Å². The van der Waals surface area contributed by atoms with Crippen molar-refractivity contribution in [2.24, 2.45) is 0 Å². The molecule has 1 aliphatic rings. The Labute approximate surface area is 102 Å². The standard InChI is InChI=1S/C13H19N3O/c1-8-3-6-11(14)12(7-8)15-9(2)13(17)16-10-4-5-10/h3,6-7,9-10,15H,4-5,14H2,1-2H3,(H,16,17). The monoisotopic (exact) mass is 233 g/mol. The minimum absolute atomic E-state index is 0.0356. The van der Waals surface area contributed by atoms with Gasteiger partial charge in [0, 0.05) is 6.04 Å². The molecule has 4 N–H and O–H groups in total. The van der Waals surface area contributed by atoms with Gasteiger partial charge in [-0.3, -0.25) is 4.79 Å². The van der Waals surface area contributed by atoms with Crippen LogP contribution in [0, 0.1) is 6.92 Å². The van der Waals surface area contributed by atoms with Crippen LogP contribution in [-0.4, -0.2) is 18.0 Å². The Morgan fingerprint density at radius 3 is 2.82 bits per heavy atom. The molecule has 1 amide bonds. The lowest BCUT2D eigenvalue weighted by molar-refractivity contribution is -0.121. The van der Waals surface area contributed by atoms with Crippen LogP contribution in [0.15, 0.2) is 18.2 Å². The summed E-state index contributed by atoms with van der Waals surface area (Å²) in [5, 5.41) is 6.11. The van der Waals surface area contributed by atoms with Gasteiger partial charge in [-0.2, -0.15) is 0 Å². The fourth-order valence-corrected chi connectivity index (χ4v) is 1.65. The number of nitrogen functional groups attached to an aromatic ring is 1. The van der Waals surface area contributed by atoms with Gasteiger partial charge in [0.05, 0.1) is 11.4 Å². The highest BCUT2D eigenvalue weighted by Crippen LogP contribution is 2.21. The zero-order valence-corrected chi connectivity index (χ0v) is 10.3. The predicted molar refractivity (Wildman–Crippen MR) is 69.8 cm³/mol. The van der Waals surface area contributed by atoms with E-state index < -0.39 is 0 Å². The van der Waals surface area contributed by atoms with Gasteiger partial charge in [0.15, 0.2) is 0 Å². The summed E-state index contributed by atoms with van der Waals surface area (Å²) in [5.41, 5.74) is 8.47. The van der Waals surface area contributed by atoms with E-state index in [-0.39, 0.29) is 11.9 Å². The molecule has 1 atom stereocenters. The second-order valence-electron chi connectivity index (χ2n) is 4.74. The minimum atomic E-state index is -0.264. The molecule has 1 saturated carbocycles. The number of nitrogens with one attached hydrogen (secondary N) is 2. The van der Waals surface area contributed by atoms with Crippen molar-refractivity contribution in [2.45, 2.75) is 38.8 Å². The number of hydrogen-bond acceptors (Lipinski definition) is 3. The fourth-order valence-electron chi connectivity index (χ4n) is 1.65. The van der Waals surface area contributed by atoms with Crippen LogP contribution in [-0.2, 0) is 4.79 Å². The van der Waals surface area contributed by atoms with Crippen molar-refractivity contribution >= 4 is 17.3 Å². The molecule has 1 unspecified atom stereocenters. The van der Waals surface area contributed by atoms with E-state index in [1.54, 1.807) is 0 Å². The molecule has 0 bridgehead atoms. The maximum absolute atomic E-state index is 11.8. The molecule has 92 valence electrons. The lowest BCUT2D eigenvalue weighted by atomic mass is 10.1. The van der Waals surface area contributed by atoms with Crippen LogP contribution in [0.5, 0.6) is 0 Å². The number of amides is 1. The number of carbonyl (C=O) groups excluding carboxylic acids is 1. The van der Waals surface area contributed by atoms with Crippen molar-refractivity contribution in [3.63, 3.8) is 0 Å². The van der Waals surface area contributed by atoms with Gasteiger partial charge < -0.3 is 16.4 Å². The van der Waals surface area contributed by atoms with Gasteiger partial charge in [-0.05, 0) is 44.4 Å². The topological polar surface area (TPSA) is 67.1 Å². The van der Waals surface area contributed by atoms with Crippen molar-refractivity contribution in [2.75, 3.05) is 11.1 Å². The Bertz CT molecular complexity index is 427. The van der Waals surface area contributed by atoms with Gasteiger partial charge in [0.25, 0.3) is 0 Å². The number of carbonyl (C=O) groups is 1. The molecule has 4 nitrogen and oxygen atoms in total. The van der Waals surface area contributed by atoms with Crippen LogP contribution in [0.25, 0.3) is 0 Å². The molecule has 0 heterocycles. The largest absolute Gasteiger partial charge is 0.397 e. The van der Waals surface area contributed by atoms with E-state index >= 15 is 0 Å². The van der Waals surface area contributed by atoms with E-state index in [1.165, 1.54) is 0 Å². The quantitative estimate of drug-likeness (QED) is 0.693. The summed E-state index contributed by atoms with van der Waals surface area (Å²) >= 11 is 0. The number of benzene rings is 1. The molecule has 0 aliphatic heterocycles. The summed E-state index contributed by atoms with van der Waals surface area (Å²) < 4.78 is 0. The molecule has 1 aliphatic carbocycles. The summed E-state index contributed by atoms with van der Waals surface area (Å²) in [5.74, 6) is 0.0356. The smallest absolute Gasteiger partial charge is 0.242 e. The fraction of sp³-hybridized carbons (Fsp3) is 0.462. The number of rotatable bonds is 4. The van der Waals surface area contributed by atoms with Crippen molar-refractivity contribution in [1.82, 2.24) is 5.32 Å². The molecule has 1 fully saturated rings. The third-order valence-electron chi connectivity index (χ3n) is 2.90. The van der Waals surface area contributed by atoms with E-state index in [9.17, 15) is 4.79 Å². The second-order valence-corrected chi connectivity index (χ2v) is 4.74. The lowest BCUT2D eigenvalue weighted by Crippen LogP contribution is -2.38. The Morgan fingerprint density at radius 1 is 1.47 bits per heavy atom. The number of aryl methyl sites for hydroxylation is 1. The van der Waals surface area contributed by atoms with Gasteiger partial charge in [-0.15, -0.1) is 0 Å². The maximum atomic E-state index is 11.8. The van der Waals surface area contributed by atoms with E-state index in [2.05, 4.69) is 10.6 Å². The maximum Gasteiger partial charge on any atom is 0.242 e. The Kier molecular flexibility index (Phi) is 3.22. The molecule has 4 heteroatoms. The van der Waals surface area contributed by atoms with E-state index in [0.29, 0.717) is 11.7 Å². The Morgan fingerprint density at radius 2 is 2.18 bits per heavy atom. The van der Waals surface area contributed by atoms with Crippen LogP contribution >= 0.6 is 0 Å². The highest BCUT2D eigenvalue weighted by Gasteiger charge is 2.25. The molecule has 0 spiro atoms. The molecule has 0 saturated heterocycles. The Balaban J connectivity index is 1.98. The van der Waals surface area contributed by atoms with Crippen molar-refractivity contribution in [1.29, 1.82) is 0 Å². The first-order valence-corrected chi connectivity index (χ1v) is 5.99. The molecular formula is C13H19N3O. The summed E-state index contributed by atoms with van der Waals surface area (Å²) in [4.78, 5) is 11.8. The molecule has 17 heavy (non-hydrogen) atoms. The first-order chi connectivity index (χ1) is 8.06. The first-order valence-electron chi connectivity index (χ1n) is 5.99. The first kappa shape index (κ1) is 11.8. The predicted octanol–water partition coefficient (Wildman–Crippen LogP) is 1.66. The molecule has 1 aromatic rings. The molecule has 2 rings (SSSR count). The molecular weight excluding hydrogens is 214 g/mol. The van der Waals surface area contributed by atoms with Crippen LogP contribution in [0.2, 0.25) is 0 Å². The highest BCUT2D eigenvalue weighted by atomic mass is 16.2. The SMILES string of the molecule is Cc1ccc(N)c(NC(C)C(=O)NC2CC2)c1. The van der Waals surface area contributed by atoms with E-state index in [0.717, 1.165) is 24.1 Å². The number of anilines is 2. The summed E-state index contributed by atoms with van der Waals surface area (Å²) in [6.07, 6.45) is 2.20. The molecule has 0 aromatic heterocycles. The average Bonchev–Trinajstić information content (AvgIpc) is 3.07. The third kappa shape index (κ3) is 3.12. The van der Waals surface area contributed by atoms with Gasteiger partial charge in [0.1, 0.15) is 6.04 Å². The average molecular weight is 233 g/mol. The molecule has 1 aromatic carbocycles. The van der Waals surface area contributed by atoms with Gasteiger partial charge in [0.2, 0.25) is 5.91 Å². The third-order valence-corrected chi connectivity index (χ3v) is 2.90. The van der Waals surface area contributed by atoms with Gasteiger partial charge >= 0.3 is 0 Å². The zero-order chi connectivity index (χ0) is 12.4. The highest BCUT2D eigenvalue weighted by molar-refractivity contribution is 5.86. The van der Waals surface area contributed by atoms with Crippen molar-refractivity contribution in [3.05, 3.63) is 23.8 Å². The van der Waals surface area contributed by atoms with Crippen LogP contribution in [0.3, 0.4) is 0 Å². The molecule has 0 radical (unpaired) electrons. The normalized spacial score (nSPS) is 16.4. The Hall–Kier alpha value is -1.71. The second kappa shape index (κ2) is 4.65. The van der Waals surface area contributed by atoms with E-state index in [1.807, 2.05) is 32.0 Å². The summed E-state index contributed by atoms with van der Waals surface area (Å²) in [7, 11) is 0. The number of hydrogen-bond donors (Lipinski definition) is 3.